The van der Waals surface area contributed by atoms with Gasteiger partial charge in [0.05, 0.1) is 23.0 Å². The average Bonchev–Trinajstić information content (AvgIpc) is 2.78. The first-order valence-electron chi connectivity index (χ1n) is 6.03. The predicted molar refractivity (Wildman–Crippen MR) is 74.8 cm³/mol. The van der Waals surface area contributed by atoms with Crippen molar-refractivity contribution < 1.29 is 13.2 Å². The third-order valence-electron chi connectivity index (χ3n) is 2.60. The zero-order chi connectivity index (χ0) is 14.8. The van der Waals surface area contributed by atoms with E-state index in [0.717, 1.165) is 13.0 Å². The molecule has 1 heterocycles. The number of ether oxygens (including phenoxy) is 1. The van der Waals surface area contributed by atoms with E-state index in [0.29, 0.717) is 11.4 Å². The van der Waals surface area contributed by atoms with Gasteiger partial charge in [0, 0.05) is 12.6 Å². The lowest BCUT2D eigenvalue weighted by Gasteiger charge is -2.08. The standard InChI is InChI=1S/C12H16N4O3S/c1-2-5-16-8-9(7-15-16)19-12-6-10(20(14,17)18)3-4-11(12)13/h3-4,6-8H,2,5,13H2,1H3,(H2,14,17,18). The summed E-state index contributed by atoms with van der Waals surface area (Å²) in [4.78, 5) is -0.0531. The highest BCUT2D eigenvalue weighted by Gasteiger charge is 2.12. The van der Waals surface area contributed by atoms with Crippen LogP contribution >= 0.6 is 0 Å². The third kappa shape index (κ3) is 3.28. The minimum Gasteiger partial charge on any atom is -0.452 e. The van der Waals surface area contributed by atoms with Crippen LogP contribution in [0.4, 0.5) is 5.69 Å². The van der Waals surface area contributed by atoms with Crippen molar-refractivity contribution in [3.63, 3.8) is 0 Å². The molecule has 0 atom stereocenters. The van der Waals surface area contributed by atoms with Crippen LogP contribution < -0.4 is 15.6 Å². The molecular weight excluding hydrogens is 280 g/mol. The monoisotopic (exact) mass is 296 g/mol. The van der Waals surface area contributed by atoms with Crippen molar-refractivity contribution in [3.05, 3.63) is 30.6 Å². The number of nitrogens with zero attached hydrogens (tertiary/aromatic N) is 2. The highest BCUT2D eigenvalue weighted by atomic mass is 32.2. The second-order valence-electron chi connectivity index (χ2n) is 4.29. The largest absolute Gasteiger partial charge is 0.452 e. The van der Waals surface area contributed by atoms with Crippen LogP contribution in [0.1, 0.15) is 13.3 Å². The van der Waals surface area contributed by atoms with E-state index in [-0.39, 0.29) is 10.6 Å². The lowest BCUT2D eigenvalue weighted by molar-refractivity contribution is 0.481. The second-order valence-corrected chi connectivity index (χ2v) is 5.85. The maximum Gasteiger partial charge on any atom is 0.238 e. The molecule has 8 heteroatoms. The summed E-state index contributed by atoms with van der Waals surface area (Å²) in [5.41, 5.74) is 6.08. The van der Waals surface area contributed by atoms with Crippen molar-refractivity contribution in [3.8, 4) is 11.5 Å². The molecule has 0 saturated carbocycles. The Kier molecular flexibility index (Phi) is 3.96. The summed E-state index contributed by atoms with van der Waals surface area (Å²) in [6.07, 6.45) is 4.20. The van der Waals surface area contributed by atoms with Gasteiger partial charge in [0.1, 0.15) is 0 Å². The highest BCUT2D eigenvalue weighted by Crippen LogP contribution is 2.29. The Morgan fingerprint density at radius 3 is 2.80 bits per heavy atom. The van der Waals surface area contributed by atoms with Crippen LogP contribution in [0.5, 0.6) is 11.5 Å². The molecule has 2 rings (SSSR count). The molecule has 0 spiro atoms. The molecule has 20 heavy (non-hydrogen) atoms. The van der Waals surface area contributed by atoms with Gasteiger partial charge in [-0.3, -0.25) is 4.68 Å². The van der Waals surface area contributed by atoms with E-state index in [9.17, 15) is 8.42 Å². The van der Waals surface area contributed by atoms with Gasteiger partial charge in [0.25, 0.3) is 0 Å². The molecule has 2 aromatic rings. The third-order valence-corrected chi connectivity index (χ3v) is 3.51. The molecule has 7 nitrogen and oxygen atoms in total. The minimum atomic E-state index is -3.79. The number of nitrogens with two attached hydrogens (primary N) is 2. The van der Waals surface area contributed by atoms with Crippen molar-refractivity contribution >= 4 is 15.7 Å². The number of hydrogen-bond acceptors (Lipinski definition) is 5. The van der Waals surface area contributed by atoms with Crippen LogP contribution in [0.2, 0.25) is 0 Å². The van der Waals surface area contributed by atoms with Gasteiger partial charge < -0.3 is 10.5 Å². The van der Waals surface area contributed by atoms with Gasteiger partial charge in [-0.2, -0.15) is 5.10 Å². The molecule has 0 aliphatic carbocycles. The lowest BCUT2D eigenvalue weighted by Crippen LogP contribution is -2.12. The fourth-order valence-corrected chi connectivity index (χ4v) is 2.18. The Balaban J connectivity index is 2.28. The van der Waals surface area contributed by atoms with E-state index >= 15 is 0 Å². The Labute approximate surface area is 117 Å². The number of hydrogen-bond donors (Lipinski definition) is 2. The number of nitrogen functional groups attached to an aromatic ring is 1. The number of primary sulfonamides is 1. The number of sulfonamides is 1. The summed E-state index contributed by atoms with van der Waals surface area (Å²) >= 11 is 0. The number of rotatable bonds is 5. The summed E-state index contributed by atoms with van der Waals surface area (Å²) in [6.45, 7) is 2.81. The van der Waals surface area contributed by atoms with Crippen molar-refractivity contribution in [2.24, 2.45) is 5.14 Å². The normalized spacial score (nSPS) is 11.5. The SMILES string of the molecule is CCCn1cc(Oc2cc(S(N)(=O)=O)ccc2N)cn1. The van der Waals surface area contributed by atoms with Gasteiger partial charge in [-0.05, 0) is 18.6 Å². The average molecular weight is 296 g/mol. The van der Waals surface area contributed by atoms with Crippen LogP contribution in [0.25, 0.3) is 0 Å². The lowest BCUT2D eigenvalue weighted by atomic mass is 10.3. The van der Waals surface area contributed by atoms with E-state index in [1.54, 1.807) is 17.1 Å². The van der Waals surface area contributed by atoms with Crippen molar-refractivity contribution in [2.75, 3.05) is 5.73 Å². The molecule has 0 radical (unpaired) electrons. The first-order chi connectivity index (χ1) is 9.40. The van der Waals surface area contributed by atoms with Gasteiger partial charge in [-0.1, -0.05) is 6.92 Å². The topological polar surface area (TPSA) is 113 Å². The van der Waals surface area contributed by atoms with Gasteiger partial charge in [-0.25, -0.2) is 13.6 Å². The van der Waals surface area contributed by atoms with Crippen LogP contribution in [0.15, 0.2) is 35.5 Å². The first-order valence-corrected chi connectivity index (χ1v) is 7.57. The fraction of sp³-hybridized carbons (Fsp3) is 0.250. The molecule has 0 bridgehead atoms. The minimum absolute atomic E-state index is 0.0531. The Morgan fingerprint density at radius 2 is 2.15 bits per heavy atom. The quantitative estimate of drug-likeness (QED) is 0.808. The number of aromatic nitrogens is 2. The molecule has 0 saturated heterocycles. The van der Waals surface area contributed by atoms with Gasteiger partial charge >= 0.3 is 0 Å². The smallest absolute Gasteiger partial charge is 0.238 e. The predicted octanol–water partition coefficient (Wildman–Crippen LogP) is 1.32. The molecule has 1 aromatic heterocycles. The Hall–Kier alpha value is -2.06. The Morgan fingerprint density at radius 1 is 1.40 bits per heavy atom. The molecule has 108 valence electrons. The van der Waals surface area contributed by atoms with Crippen LogP contribution in [0.3, 0.4) is 0 Å². The van der Waals surface area contributed by atoms with Crippen molar-refractivity contribution in [2.45, 2.75) is 24.8 Å². The number of anilines is 1. The van der Waals surface area contributed by atoms with E-state index in [1.165, 1.54) is 18.2 Å². The molecule has 4 N–H and O–H groups in total. The van der Waals surface area contributed by atoms with Gasteiger partial charge in [-0.15, -0.1) is 0 Å². The molecule has 0 aliphatic rings. The molecule has 0 amide bonds. The molecule has 1 aromatic carbocycles. The summed E-state index contributed by atoms with van der Waals surface area (Å²) in [5.74, 6) is 0.712. The maximum atomic E-state index is 11.3. The molecule has 0 unspecified atom stereocenters. The van der Waals surface area contributed by atoms with E-state index < -0.39 is 10.0 Å². The van der Waals surface area contributed by atoms with Crippen LogP contribution in [-0.4, -0.2) is 18.2 Å². The van der Waals surface area contributed by atoms with Crippen molar-refractivity contribution in [1.82, 2.24) is 9.78 Å². The first kappa shape index (κ1) is 14.4. The van der Waals surface area contributed by atoms with E-state index in [1.807, 2.05) is 6.92 Å². The Bertz CT molecular complexity index is 709. The summed E-state index contributed by atoms with van der Waals surface area (Å²) < 4.78 is 29.9. The zero-order valence-electron chi connectivity index (χ0n) is 11.0. The number of aryl methyl sites for hydroxylation is 1. The van der Waals surface area contributed by atoms with Crippen LogP contribution in [-0.2, 0) is 16.6 Å². The summed E-state index contributed by atoms with van der Waals surface area (Å²) in [7, 11) is -3.79. The summed E-state index contributed by atoms with van der Waals surface area (Å²) in [6, 6.07) is 4.06. The number of benzene rings is 1. The van der Waals surface area contributed by atoms with Gasteiger partial charge in [0.2, 0.25) is 10.0 Å². The zero-order valence-corrected chi connectivity index (χ0v) is 11.8. The van der Waals surface area contributed by atoms with E-state index in [2.05, 4.69) is 5.10 Å². The maximum absolute atomic E-state index is 11.3. The molecular formula is C12H16N4O3S. The highest BCUT2D eigenvalue weighted by molar-refractivity contribution is 7.89. The van der Waals surface area contributed by atoms with Crippen LogP contribution in [0, 0.1) is 0 Å². The fourth-order valence-electron chi connectivity index (χ4n) is 1.66. The second kappa shape index (κ2) is 5.51. The molecule has 0 fully saturated rings. The van der Waals surface area contributed by atoms with E-state index in [4.69, 9.17) is 15.6 Å². The van der Waals surface area contributed by atoms with Gasteiger partial charge in [0.15, 0.2) is 11.5 Å². The van der Waals surface area contributed by atoms with Crippen molar-refractivity contribution in [1.29, 1.82) is 0 Å². The molecule has 0 aliphatic heterocycles. The summed E-state index contributed by atoms with van der Waals surface area (Å²) in [5, 5.41) is 9.18.